The zero-order chi connectivity index (χ0) is 31.1. The first-order chi connectivity index (χ1) is 20.5. The van der Waals surface area contributed by atoms with Crippen LogP contribution in [0, 0.1) is 6.92 Å². The summed E-state index contributed by atoms with van der Waals surface area (Å²) in [6.45, 7) is 3.16. The molecule has 0 radical (unpaired) electrons. The lowest BCUT2D eigenvalue weighted by Crippen LogP contribution is -2.54. The van der Waals surface area contributed by atoms with Gasteiger partial charge in [0.1, 0.15) is 12.6 Å². The molecule has 0 spiro atoms. The van der Waals surface area contributed by atoms with Gasteiger partial charge in [-0.15, -0.1) is 0 Å². The normalized spacial score (nSPS) is 14.6. The van der Waals surface area contributed by atoms with E-state index in [2.05, 4.69) is 5.32 Å². The molecule has 1 N–H and O–H groups in total. The second-order valence-electron chi connectivity index (χ2n) is 10.8. The zero-order valence-corrected chi connectivity index (χ0v) is 27.3. The average molecular weight is 665 g/mol. The van der Waals surface area contributed by atoms with Gasteiger partial charge in [0, 0.05) is 22.6 Å². The predicted molar refractivity (Wildman–Crippen MR) is 173 cm³/mol. The molecule has 7 nitrogen and oxygen atoms in total. The van der Waals surface area contributed by atoms with Crippen LogP contribution in [0.4, 0.5) is 5.69 Å². The topological polar surface area (TPSA) is 86.8 Å². The van der Waals surface area contributed by atoms with Crippen molar-refractivity contribution in [1.29, 1.82) is 0 Å². The number of amides is 2. The van der Waals surface area contributed by atoms with Crippen molar-refractivity contribution in [1.82, 2.24) is 10.2 Å². The minimum Gasteiger partial charge on any atom is -0.352 e. The van der Waals surface area contributed by atoms with Crippen molar-refractivity contribution in [2.45, 2.75) is 75.9 Å². The number of carbonyl (C=O) groups is 2. The first-order valence-corrected chi connectivity index (χ1v) is 17.0. The number of carbonyl (C=O) groups excluding carboxylic acids is 2. The molecule has 0 heterocycles. The molecule has 11 heteroatoms. The summed E-state index contributed by atoms with van der Waals surface area (Å²) in [6.07, 6.45) is 5.34. The van der Waals surface area contributed by atoms with Gasteiger partial charge in [0.2, 0.25) is 11.8 Å². The Labute approximate surface area is 269 Å². The number of hydrogen-bond acceptors (Lipinski definition) is 4. The highest BCUT2D eigenvalue weighted by atomic mass is 35.5. The molecule has 1 aliphatic carbocycles. The molecule has 0 aromatic heterocycles. The second kappa shape index (κ2) is 14.8. The molecule has 230 valence electrons. The maximum Gasteiger partial charge on any atom is 0.264 e. The zero-order valence-electron chi connectivity index (χ0n) is 24.2. The summed E-state index contributed by atoms with van der Waals surface area (Å²) in [7, 11) is -4.27. The molecule has 1 fully saturated rings. The Morgan fingerprint density at radius 3 is 2.16 bits per heavy atom. The highest BCUT2D eigenvalue weighted by Gasteiger charge is 2.35. The van der Waals surface area contributed by atoms with E-state index in [1.807, 2.05) is 13.8 Å². The number of hydrogen-bond donors (Lipinski definition) is 1. The fourth-order valence-corrected chi connectivity index (χ4v) is 7.26. The lowest BCUT2D eigenvalue weighted by atomic mass is 9.95. The van der Waals surface area contributed by atoms with Crippen molar-refractivity contribution in [2.75, 3.05) is 10.8 Å². The maximum atomic E-state index is 14.3. The van der Waals surface area contributed by atoms with Gasteiger partial charge < -0.3 is 10.2 Å². The number of nitrogens with one attached hydrogen (secondary N) is 1. The smallest absolute Gasteiger partial charge is 0.264 e. The SMILES string of the molecule is CC[C@H](C(=O)NC1CCCCC1)N(Cc1ccc(Cl)cc1)C(=O)CN(c1cc(Cl)ccc1Cl)S(=O)(=O)c1ccc(C)cc1. The van der Waals surface area contributed by atoms with Crippen LogP contribution in [0.1, 0.15) is 56.6 Å². The minimum absolute atomic E-state index is 0.00623. The van der Waals surface area contributed by atoms with Gasteiger partial charge >= 0.3 is 0 Å². The van der Waals surface area contributed by atoms with Crippen molar-refractivity contribution in [2.24, 2.45) is 0 Å². The lowest BCUT2D eigenvalue weighted by molar-refractivity contribution is -0.140. The van der Waals surface area contributed by atoms with Gasteiger partial charge in [-0.25, -0.2) is 8.42 Å². The monoisotopic (exact) mass is 663 g/mol. The summed E-state index contributed by atoms with van der Waals surface area (Å²) in [5.41, 5.74) is 1.69. The van der Waals surface area contributed by atoms with E-state index in [4.69, 9.17) is 34.8 Å². The summed E-state index contributed by atoms with van der Waals surface area (Å²) >= 11 is 18.9. The van der Waals surface area contributed by atoms with Gasteiger partial charge in [-0.2, -0.15) is 0 Å². The summed E-state index contributed by atoms with van der Waals surface area (Å²) in [6, 6.07) is 17.0. The number of aryl methyl sites for hydroxylation is 1. The van der Waals surface area contributed by atoms with E-state index in [9.17, 15) is 18.0 Å². The Morgan fingerprint density at radius 2 is 1.53 bits per heavy atom. The van der Waals surface area contributed by atoms with E-state index in [1.165, 1.54) is 29.2 Å². The van der Waals surface area contributed by atoms with Crippen LogP contribution in [0.25, 0.3) is 0 Å². The van der Waals surface area contributed by atoms with Crippen LogP contribution >= 0.6 is 34.8 Å². The average Bonchev–Trinajstić information content (AvgIpc) is 2.98. The Morgan fingerprint density at radius 1 is 0.907 bits per heavy atom. The molecule has 0 bridgehead atoms. The van der Waals surface area contributed by atoms with Crippen LogP contribution in [0.15, 0.2) is 71.6 Å². The van der Waals surface area contributed by atoms with E-state index in [-0.39, 0.29) is 39.1 Å². The minimum atomic E-state index is -4.27. The molecular weight excluding hydrogens is 629 g/mol. The van der Waals surface area contributed by atoms with Crippen molar-refractivity contribution < 1.29 is 18.0 Å². The quantitative estimate of drug-likeness (QED) is 0.231. The molecule has 4 rings (SSSR count). The third-order valence-corrected chi connectivity index (χ3v) is 10.2. The van der Waals surface area contributed by atoms with Gasteiger partial charge in [0.05, 0.1) is 15.6 Å². The third-order valence-electron chi connectivity index (χ3n) is 7.67. The standard InChI is InChI=1S/C32H36Cl3N3O4S/c1-3-29(32(40)36-26-7-5-4-6-8-26)37(20-23-11-13-24(33)14-12-23)31(39)21-38(30-19-25(34)15-18-28(30)35)43(41,42)27-16-9-22(2)10-17-27/h9-19,26,29H,3-8,20-21H2,1-2H3,(H,36,40)/t29-/m1/s1. The van der Waals surface area contributed by atoms with Crippen LogP contribution in [-0.4, -0.2) is 43.8 Å². The molecule has 3 aromatic rings. The lowest BCUT2D eigenvalue weighted by Gasteiger charge is -2.34. The molecule has 0 saturated heterocycles. The Hall–Kier alpha value is -2.78. The first kappa shape index (κ1) is 33.1. The van der Waals surface area contributed by atoms with Gasteiger partial charge in [0.15, 0.2) is 0 Å². The second-order valence-corrected chi connectivity index (χ2v) is 14.0. The number of halogens is 3. The summed E-state index contributed by atoms with van der Waals surface area (Å²) < 4.78 is 29.1. The van der Waals surface area contributed by atoms with Crippen LogP contribution in [-0.2, 0) is 26.2 Å². The van der Waals surface area contributed by atoms with E-state index in [1.54, 1.807) is 42.5 Å². The van der Waals surface area contributed by atoms with Gasteiger partial charge in [-0.3, -0.25) is 13.9 Å². The molecular formula is C32H36Cl3N3O4S. The molecule has 1 atom stereocenters. The largest absolute Gasteiger partial charge is 0.352 e. The molecule has 43 heavy (non-hydrogen) atoms. The van der Waals surface area contributed by atoms with Gasteiger partial charge in [-0.05, 0) is 74.2 Å². The molecule has 0 aliphatic heterocycles. The molecule has 1 saturated carbocycles. The Bertz CT molecular complexity index is 1530. The van der Waals surface area contributed by atoms with Crippen molar-refractivity contribution in [3.8, 4) is 0 Å². The summed E-state index contributed by atoms with van der Waals surface area (Å²) in [5.74, 6) is -0.822. The Balaban J connectivity index is 1.73. The third kappa shape index (κ3) is 8.44. The van der Waals surface area contributed by atoms with E-state index >= 15 is 0 Å². The number of anilines is 1. The highest BCUT2D eigenvalue weighted by molar-refractivity contribution is 7.92. The number of benzene rings is 3. The van der Waals surface area contributed by atoms with Gasteiger partial charge in [-0.1, -0.05) is 90.8 Å². The van der Waals surface area contributed by atoms with Crippen LogP contribution < -0.4 is 9.62 Å². The summed E-state index contributed by atoms with van der Waals surface area (Å²) in [4.78, 5) is 29.3. The van der Waals surface area contributed by atoms with Gasteiger partial charge in [0.25, 0.3) is 10.0 Å². The number of rotatable bonds is 11. The molecule has 2 amide bonds. The molecule has 3 aromatic carbocycles. The Kier molecular flexibility index (Phi) is 11.4. The molecule has 0 unspecified atom stereocenters. The molecule has 1 aliphatic rings. The van der Waals surface area contributed by atoms with E-state index in [0.29, 0.717) is 11.4 Å². The number of sulfonamides is 1. The number of nitrogens with zero attached hydrogens (tertiary/aromatic N) is 2. The van der Waals surface area contributed by atoms with E-state index in [0.717, 1.165) is 47.5 Å². The van der Waals surface area contributed by atoms with Crippen LogP contribution in [0.5, 0.6) is 0 Å². The van der Waals surface area contributed by atoms with Crippen LogP contribution in [0.2, 0.25) is 15.1 Å². The predicted octanol–water partition coefficient (Wildman–Crippen LogP) is 7.41. The van der Waals surface area contributed by atoms with Crippen molar-refractivity contribution in [3.05, 3.63) is 92.9 Å². The fraction of sp³-hybridized carbons (Fsp3) is 0.375. The van der Waals surface area contributed by atoms with Crippen molar-refractivity contribution in [3.63, 3.8) is 0 Å². The maximum absolute atomic E-state index is 14.3. The van der Waals surface area contributed by atoms with E-state index < -0.39 is 28.5 Å². The van der Waals surface area contributed by atoms with Crippen LogP contribution in [0.3, 0.4) is 0 Å². The summed E-state index contributed by atoms with van der Waals surface area (Å²) in [5, 5.41) is 4.04. The first-order valence-electron chi connectivity index (χ1n) is 14.4. The van der Waals surface area contributed by atoms with Crippen molar-refractivity contribution >= 4 is 62.3 Å². The highest BCUT2D eigenvalue weighted by Crippen LogP contribution is 2.33. The fourth-order valence-electron chi connectivity index (χ4n) is 5.28.